The van der Waals surface area contributed by atoms with Crippen LogP contribution >= 0.6 is 69.1 Å². The quantitative estimate of drug-likeness (QED) is 0.166. The van der Waals surface area contributed by atoms with Crippen LogP contribution in [-0.2, 0) is 11.3 Å². The minimum Gasteiger partial charge on any atom is -0.379 e. The highest BCUT2D eigenvalue weighted by Gasteiger charge is 2.25. The van der Waals surface area contributed by atoms with E-state index in [2.05, 4.69) is 14.5 Å². The number of halogens is 4. The smallest absolute Gasteiger partial charge is 0.197 e. The lowest BCUT2D eigenvalue weighted by Crippen LogP contribution is -2.38. The zero-order chi connectivity index (χ0) is 32.5. The van der Waals surface area contributed by atoms with Crippen LogP contribution in [0.3, 0.4) is 0 Å². The van der Waals surface area contributed by atoms with E-state index < -0.39 is 0 Å². The van der Waals surface area contributed by atoms with Gasteiger partial charge in [0.2, 0.25) is 0 Å². The Kier molecular flexibility index (Phi) is 10.3. The molecular weight excluding hydrogens is 704 g/mol. The van der Waals surface area contributed by atoms with Gasteiger partial charge in [-0.2, -0.15) is 0 Å². The van der Waals surface area contributed by atoms with Crippen molar-refractivity contribution in [3.05, 3.63) is 113 Å². The van der Waals surface area contributed by atoms with E-state index in [1.807, 2.05) is 36.7 Å². The Balaban J connectivity index is 0.000000172. The molecular formula is C34H29Cl4N3O3S2. The molecule has 1 saturated heterocycles. The van der Waals surface area contributed by atoms with Gasteiger partial charge < -0.3 is 14.3 Å². The summed E-state index contributed by atoms with van der Waals surface area (Å²) in [6, 6.07) is 14.2. The molecule has 0 spiro atoms. The van der Waals surface area contributed by atoms with Crippen LogP contribution in [0.5, 0.6) is 0 Å². The SMILES string of the molecule is Cc1[nH]c2sccc2c1C(=O)c1cccc(Cl)c1Cl.Cc1c(C(=O)c2cccc(Cl)c2Cl)c2ccsc2n1CCN1CCOCC1. The summed E-state index contributed by atoms with van der Waals surface area (Å²) in [6.45, 7) is 9.18. The third kappa shape index (κ3) is 6.42. The van der Waals surface area contributed by atoms with Gasteiger partial charge in [0.25, 0.3) is 0 Å². The second-order valence-corrected chi connectivity index (χ2v) is 14.2. The first-order chi connectivity index (χ1) is 22.2. The van der Waals surface area contributed by atoms with E-state index in [9.17, 15) is 9.59 Å². The molecule has 238 valence electrons. The summed E-state index contributed by atoms with van der Waals surface area (Å²) >= 11 is 27.8. The van der Waals surface area contributed by atoms with Crippen LogP contribution in [0.4, 0.5) is 0 Å². The van der Waals surface area contributed by atoms with E-state index in [0.29, 0.717) is 36.8 Å². The Bertz CT molecular complexity index is 2070. The summed E-state index contributed by atoms with van der Waals surface area (Å²) in [5.41, 5.74) is 4.10. The minimum atomic E-state index is -0.102. The largest absolute Gasteiger partial charge is 0.379 e. The Hall–Kier alpha value is -2.66. The summed E-state index contributed by atoms with van der Waals surface area (Å²) in [6.07, 6.45) is 0. The second-order valence-electron chi connectivity index (χ2n) is 10.9. The number of morpholine rings is 1. The molecule has 1 aliphatic rings. The lowest BCUT2D eigenvalue weighted by atomic mass is 10.0. The van der Waals surface area contributed by atoms with Crippen molar-refractivity contribution in [1.82, 2.24) is 14.5 Å². The van der Waals surface area contributed by atoms with Crippen molar-refractivity contribution in [2.24, 2.45) is 0 Å². The third-order valence-corrected chi connectivity index (χ3v) is 11.5. The molecule has 1 aliphatic heterocycles. The van der Waals surface area contributed by atoms with Gasteiger partial charge in [0.05, 0.1) is 44.4 Å². The van der Waals surface area contributed by atoms with E-state index in [1.54, 1.807) is 59.1 Å². The molecule has 1 fully saturated rings. The number of ketones is 2. The molecule has 12 heteroatoms. The first kappa shape index (κ1) is 33.2. The number of hydrogen-bond acceptors (Lipinski definition) is 6. The molecule has 0 atom stereocenters. The van der Waals surface area contributed by atoms with Crippen LogP contribution in [0.2, 0.25) is 20.1 Å². The molecule has 0 aliphatic carbocycles. The molecule has 4 aromatic heterocycles. The summed E-state index contributed by atoms with van der Waals surface area (Å²) in [7, 11) is 0. The molecule has 7 rings (SSSR count). The van der Waals surface area contributed by atoms with E-state index in [4.69, 9.17) is 51.1 Å². The molecule has 0 bridgehead atoms. The molecule has 0 unspecified atom stereocenters. The minimum absolute atomic E-state index is 0.0754. The van der Waals surface area contributed by atoms with Gasteiger partial charge in [-0.1, -0.05) is 58.5 Å². The predicted octanol–water partition coefficient (Wildman–Crippen LogP) is 9.96. The second kappa shape index (κ2) is 14.2. The molecule has 0 radical (unpaired) electrons. The lowest BCUT2D eigenvalue weighted by Gasteiger charge is -2.26. The van der Waals surface area contributed by atoms with Gasteiger partial charge in [-0.05, 0) is 61.0 Å². The maximum Gasteiger partial charge on any atom is 0.197 e. The lowest BCUT2D eigenvalue weighted by molar-refractivity contribution is 0.0365. The highest BCUT2D eigenvalue weighted by atomic mass is 35.5. The number of fused-ring (bicyclic) bond motifs is 2. The van der Waals surface area contributed by atoms with E-state index in [0.717, 1.165) is 76.8 Å². The fourth-order valence-corrected chi connectivity index (χ4v) is 8.37. The topological polar surface area (TPSA) is 67.3 Å². The fraction of sp³-hybridized carbons (Fsp3) is 0.235. The van der Waals surface area contributed by atoms with Crippen molar-refractivity contribution in [3.8, 4) is 0 Å². The normalized spacial score (nSPS) is 13.7. The van der Waals surface area contributed by atoms with Gasteiger partial charge in [-0.25, -0.2) is 0 Å². The number of aryl methyl sites for hydroxylation is 1. The Morgan fingerprint density at radius 2 is 1.37 bits per heavy atom. The molecule has 6 nitrogen and oxygen atoms in total. The summed E-state index contributed by atoms with van der Waals surface area (Å²) in [4.78, 5) is 33.7. The van der Waals surface area contributed by atoms with Crippen LogP contribution in [0.25, 0.3) is 20.4 Å². The van der Waals surface area contributed by atoms with Crippen LogP contribution < -0.4 is 0 Å². The van der Waals surface area contributed by atoms with E-state index >= 15 is 0 Å². The summed E-state index contributed by atoms with van der Waals surface area (Å²) < 4.78 is 7.68. The van der Waals surface area contributed by atoms with Gasteiger partial charge in [-0.3, -0.25) is 14.5 Å². The molecule has 2 aromatic carbocycles. The number of benzene rings is 2. The fourth-order valence-electron chi connectivity index (χ4n) is 5.76. The van der Waals surface area contributed by atoms with Crippen molar-refractivity contribution >= 4 is 101 Å². The number of ether oxygens (including phenoxy) is 1. The average Bonchev–Trinajstić information content (AvgIpc) is 3.81. The molecule has 0 saturated carbocycles. The third-order valence-electron chi connectivity index (χ3n) is 8.13. The number of H-pyrrole nitrogens is 1. The van der Waals surface area contributed by atoms with Gasteiger partial charge >= 0.3 is 0 Å². The highest BCUT2D eigenvalue weighted by molar-refractivity contribution is 7.17. The number of carbonyl (C=O) groups excluding carboxylic acids is 2. The Morgan fingerprint density at radius 1 is 0.783 bits per heavy atom. The summed E-state index contributed by atoms with van der Waals surface area (Å²) in [5, 5.41) is 7.31. The Morgan fingerprint density at radius 3 is 2.02 bits per heavy atom. The van der Waals surface area contributed by atoms with Gasteiger partial charge in [0.15, 0.2) is 11.6 Å². The van der Waals surface area contributed by atoms with Crippen LogP contribution in [0.15, 0.2) is 59.3 Å². The van der Waals surface area contributed by atoms with Crippen molar-refractivity contribution in [2.75, 3.05) is 32.8 Å². The molecule has 1 N–H and O–H groups in total. The van der Waals surface area contributed by atoms with Crippen molar-refractivity contribution < 1.29 is 14.3 Å². The van der Waals surface area contributed by atoms with Crippen molar-refractivity contribution in [2.45, 2.75) is 20.4 Å². The number of nitrogens with one attached hydrogen (secondary N) is 1. The Labute approximate surface area is 294 Å². The van der Waals surface area contributed by atoms with Gasteiger partial charge in [0, 0.05) is 59.5 Å². The van der Waals surface area contributed by atoms with Crippen LogP contribution in [0.1, 0.15) is 43.2 Å². The first-order valence-corrected chi connectivity index (χ1v) is 17.8. The molecule has 46 heavy (non-hydrogen) atoms. The van der Waals surface area contributed by atoms with Gasteiger partial charge in [-0.15, -0.1) is 22.7 Å². The zero-order valence-corrected chi connectivity index (χ0v) is 29.6. The zero-order valence-electron chi connectivity index (χ0n) is 25.0. The van der Waals surface area contributed by atoms with Gasteiger partial charge in [0.1, 0.15) is 9.66 Å². The van der Waals surface area contributed by atoms with E-state index in [-0.39, 0.29) is 11.6 Å². The molecule has 5 heterocycles. The summed E-state index contributed by atoms with van der Waals surface area (Å²) in [5.74, 6) is -0.178. The highest BCUT2D eigenvalue weighted by Crippen LogP contribution is 2.35. The number of thiophene rings is 2. The number of aromatic amines is 1. The predicted molar refractivity (Wildman–Crippen MR) is 193 cm³/mol. The number of aromatic nitrogens is 2. The van der Waals surface area contributed by atoms with E-state index in [1.165, 1.54) is 0 Å². The number of hydrogen-bond donors (Lipinski definition) is 1. The van der Waals surface area contributed by atoms with Crippen molar-refractivity contribution in [3.63, 3.8) is 0 Å². The number of rotatable bonds is 7. The molecule has 0 amide bonds. The van der Waals surface area contributed by atoms with Crippen molar-refractivity contribution in [1.29, 1.82) is 0 Å². The first-order valence-electron chi connectivity index (χ1n) is 14.6. The standard InChI is InChI=1S/C20H20Cl2N2O2S.C14H9Cl2NOS/c1-13-17(19(25)15-3-2-4-16(21)18(15)22)14-5-12-27-20(14)24(13)7-6-23-8-10-26-11-9-23;1-7-11(8-5-6-19-14(8)17-7)13(18)9-3-2-4-10(15)12(9)16/h2-5,12H,6-11H2,1H3;2-6,17H,1H3. The number of carbonyl (C=O) groups is 2. The van der Waals surface area contributed by atoms with Crippen LogP contribution in [-0.4, -0.2) is 58.9 Å². The maximum absolute atomic E-state index is 13.3. The molecule has 6 aromatic rings. The average molecular weight is 734 g/mol. The maximum atomic E-state index is 13.3. The monoisotopic (exact) mass is 731 g/mol. The van der Waals surface area contributed by atoms with Crippen LogP contribution in [0, 0.1) is 13.8 Å². The number of nitrogens with zero attached hydrogens (tertiary/aromatic N) is 2.